The summed E-state index contributed by atoms with van der Waals surface area (Å²) in [5.41, 5.74) is 1.28. The van der Waals surface area contributed by atoms with Gasteiger partial charge in [-0.25, -0.2) is 0 Å². The van der Waals surface area contributed by atoms with E-state index in [4.69, 9.17) is 4.74 Å². The largest absolute Gasteiger partial charge is 0.490 e. The number of carbonyl (C=O) groups is 1. The number of carbonyl (C=O) groups excluding carboxylic acids is 1. The van der Waals surface area contributed by atoms with Crippen LogP contribution in [0.3, 0.4) is 0 Å². The normalized spacial score (nSPS) is 30.7. The molecule has 142 valence electrons. The van der Waals surface area contributed by atoms with Gasteiger partial charge in [0, 0.05) is 24.7 Å². The first kappa shape index (κ1) is 17.8. The summed E-state index contributed by atoms with van der Waals surface area (Å²) >= 11 is 0. The Bertz CT molecular complexity index is 625. The number of hydrogen-bond donors (Lipinski definition) is 2. The molecule has 1 aliphatic heterocycles. The van der Waals surface area contributed by atoms with Gasteiger partial charge in [-0.1, -0.05) is 19.8 Å². The van der Waals surface area contributed by atoms with Crippen molar-refractivity contribution in [3.63, 3.8) is 0 Å². The molecule has 4 rings (SSSR count). The van der Waals surface area contributed by atoms with Crippen molar-refractivity contribution < 1.29 is 9.53 Å². The Morgan fingerprint density at radius 2 is 2.12 bits per heavy atom. The minimum absolute atomic E-state index is 0.269. The van der Waals surface area contributed by atoms with Crippen molar-refractivity contribution in [3.05, 3.63) is 24.0 Å². The third-order valence-corrected chi connectivity index (χ3v) is 6.56. The molecule has 1 saturated heterocycles. The molecule has 0 bridgehead atoms. The van der Waals surface area contributed by atoms with Crippen molar-refractivity contribution >= 4 is 5.91 Å². The molecule has 3 fully saturated rings. The molecule has 2 saturated carbocycles. The monoisotopic (exact) mass is 357 g/mol. The van der Waals surface area contributed by atoms with Crippen LogP contribution in [0.25, 0.3) is 0 Å². The number of nitrogens with one attached hydrogen (secondary N) is 2. The summed E-state index contributed by atoms with van der Waals surface area (Å²) < 4.78 is 5.89. The fourth-order valence-corrected chi connectivity index (χ4v) is 4.62. The number of amides is 1. The van der Waals surface area contributed by atoms with Crippen molar-refractivity contribution in [3.8, 4) is 5.75 Å². The van der Waals surface area contributed by atoms with Crippen molar-refractivity contribution in [2.75, 3.05) is 19.7 Å². The van der Waals surface area contributed by atoms with E-state index >= 15 is 0 Å². The maximum Gasteiger partial charge on any atom is 0.223 e. The molecule has 2 N–H and O–H groups in total. The van der Waals surface area contributed by atoms with Crippen LogP contribution in [-0.4, -0.2) is 36.6 Å². The van der Waals surface area contributed by atoms with Gasteiger partial charge in [0.15, 0.2) is 0 Å². The number of aromatic nitrogens is 1. The molecule has 2 heterocycles. The number of rotatable bonds is 8. The van der Waals surface area contributed by atoms with Gasteiger partial charge in [-0.2, -0.15) is 0 Å². The quantitative estimate of drug-likeness (QED) is 0.751. The van der Waals surface area contributed by atoms with Crippen LogP contribution in [-0.2, 0) is 4.79 Å². The average molecular weight is 357 g/mol. The van der Waals surface area contributed by atoms with Gasteiger partial charge < -0.3 is 15.4 Å². The highest BCUT2D eigenvalue weighted by atomic mass is 16.5. The van der Waals surface area contributed by atoms with Gasteiger partial charge in [0.1, 0.15) is 12.4 Å². The van der Waals surface area contributed by atoms with E-state index in [1.54, 1.807) is 0 Å². The van der Waals surface area contributed by atoms with Crippen LogP contribution in [0.15, 0.2) is 18.5 Å². The molecule has 5 nitrogen and oxygen atoms in total. The molecular weight excluding hydrogens is 326 g/mol. The van der Waals surface area contributed by atoms with E-state index in [1.807, 2.05) is 12.4 Å². The molecule has 4 unspecified atom stereocenters. The Kier molecular flexibility index (Phi) is 5.44. The third kappa shape index (κ3) is 4.03. The highest BCUT2D eigenvalue weighted by molar-refractivity contribution is 5.78. The highest BCUT2D eigenvalue weighted by Gasteiger charge is 2.47. The van der Waals surface area contributed by atoms with Gasteiger partial charge in [0.25, 0.3) is 0 Å². The lowest BCUT2D eigenvalue weighted by atomic mass is 10.1. The summed E-state index contributed by atoms with van der Waals surface area (Å²) in [4.78, 5) is 16.5. The van der Waals surface area contributed by atoms with Gasteiger partial charge in [-0.3, -0.25) is 9.78 Å². The van der Waals surface area contributed by atoms with Crippen LogP contribution in [0.5, 0.6) is 5.75 Å². The van der Waals surface area contributed by atoms with Crippen LogP contribution < -0.4 is 15.4 Å². The number of pyridine rings is 1. The minimum Gasteiger partial charge on any atom is -0.490 e. The fourth-order valence-electron chi connectivity index (χ4n) is 4.62. The fraction of sp³-hybridized carbons (Fsp3) is 0.714. The predicted molar refractivity (Wildman–Crippen MR) is 101 cm³/mol. The van der Waals surface area contributed by atoms with Gasteiger partial charge >= 0.3 is 0 Å². The second-order valence-corrected chi connectivity index (χ2v) is 8.31. The lowest BCUT2D eigenvalue weighted by molar-refractivity contribution is -0.124. The predicted octanol–water partition coefficient (Wildman–Crippen LogP) is 2.87. The van der Waals surface area contributed by atoms with E-state index in [1.165, 1.54) is 24.8 Å². The van der Waals surface area contributed by atoms with Crippen molar-refractivity contribution in [2.45, 2.75) is 57.4 Å². The third-order valence-electron chi connectivity index (χ3n) is 6.56. The molecular formula is C21H31N3O2. The Hall–Kier alpha value is -1.62. The van der Waals surface area contributed by atoms with E-state index in [-0.39, 0.29) is 11.8 Å². The summed E-state index contributed by atoms with van der Waals surface area (Å²) in [6, 6.07) is 2.65. The maximum absolute atomic E-state index is 12.1. The lowest BCUT2D eigenvalue weighted by Crippen LogP contribution is -2.46. The molecule has 0 spiro atoms. The average Bonchev–Trinajstić information content (AvgIpc) is 2.99. The van der Waals surface area contributed by atoms with Gasteiger partial charge in [-0.05, 0) is 61.6 Å². The standard InChI is InChI=1S/C21H31N3O2/c1-14-19(7-9-24-21(25)15-4-2-3-5-15)20(14)16-10-18(12-22-11-16)26-13-17-6-8-23-17/h10-12,14-15,17,19-20,23H,2-9,13H2,1H3,(H,24,25). The maximum atomic E-state index is 12.1. The smallest absolute Gasteiger partial charge is 0.223 e. The summed E-state index contributed by atoms with van der Waals surface area (Å²) in [6.45, 7) is 4.94. The number of ether oxygens (including phenoxy) is 1. The van der Waals surface area contributed by atoms with Crippen molar-refractivity contribution in [2.24, 2.45) is 17.8 Å². The van der Waals surface area contributed by atoms with Crippen molar-refractivity contribution in [1.29, 1.82) is 0 Å². The first-order chi connectivity index (χ1) is 12.7. The van der Waals surface area contributed by atoms with E-state index in [0.717, 1.165) is 44.7 Å². The van der Waals surface area contributed by atoms with Crippen LogP contribution >= 0.6 is 0 Å². The van der Waals surface area contributed by atoms with E-state index < -0.39 is 0 Å². The van der Waals surface area contributed by atoms with E-state index in [0.29, 0.717) is 23.8 Å². The molecule has 5 heteroatoms. The van der Waals surface area contributed by atoms with E-state index in [2.05, 4.69) is 28.6 Å². The number of nitrogens with zero attached hydrogens (tertiary/aromatic N) is 1. The topological polar surface area (TPSA) is 63.2 Å². The van der Waals surface area contributed by atoms with Gasteiger partial charge in [-0.15, -0.1) is 0 Å². The summed E-state index contributed by atoms with van der Waals surface area (Å²) in [5, 5.41) is 6.51. The molecule has 2 aliphatic carbocycles. The van der Waals surface area contributed by atoms with Crippen LogP contribution in [0.2, 0.25) is 0 Å². The Labute approximate surface area is 156 Å². The molecule has 1 aromatic heterocycles. The first-order valence-corrected chi connectivity index (χ1v) is 10.3. The molecule has 0 radical (unpaired) electrons. The molecule has 26 heavy (non-hydrogen) atoms. The molecule has 1 amide bonds. The van der Waals surface area contributed by atoms with Crippen LogP contribution in [0.4, 0.5) is 0 Å². The molecule has 3 aliphatic rings. The van der Waals surface area contributed by atoms with E-state index in [9.17, 15) is 4.79 Å². The zero-order valence-electron chi connectivity index (χ0n) is 15.7. The Balaban J connectivity index is 1.23. The van der Waals surface area contributed by atoms with Crippen LogP contribution in [0.1, 0.15) is 56.9 Å². The second-order valence-electron chi connectivity index (χ2n) is 8.31. The summed E-state index contributed by atoms with van der Waals surface area (Å²) in [6.07, 6.45) is 10.6. The summed E-state index contributed by atoms with van der Waals surface area (Å²) in [7, 11) is 0. The SMILES string of the molecule is CC1C(CCNC(=O)C2CCCC2)C1c1cncc(OCC2CCN2)c1. The Morgan fingerprint density at radius 3 is 2.85 bits per heavy atom. The van der Waals surface area contributed by atoms with Crippen molar-refractivity contribution in [1.82, 2.24) is 15.6 Å². The zero-order valence-corrected chi connectivity index (χ0v) is 15.7. The number of hydrogen-bond acceptors (Lipinski definition) is 4. The zero-order chi connectivity index (χ0) is 17.9. The Morgan fingerprint density at radius 1 is 1.31 bits per heavy atom. The molecule has 0 aromatic carbocycles. The molecule has 1 aromatic rings. The van der Waals surface area contributed by atoms with Crippen LogP contribution in [0, 0.1) is 17.8 Å². The van der Waals surface area contributed by atoms with Gasteiger partial charge in [0.2, 0.25) is 5.91 Å². The molecule has 4 atom stereocenters. The first-order valence-electron chi connectivity index (χ1n) is 10.3. The summed E-state index contributed by atoms with van der Waals surface area (Å²) in [5.74, 6) is 3.27. The second kappa shape index (κ2) is 7.95. The lowest BCUT2D eigenvalue weighted by Gasteiger charge is -2.27. The highest BCUT2D eigenvalue weighted by Crippen LogP contribution is 2.55. The minimum atomic E-state index is 0.269. The van der Waals surface area contributed by atoms with Gasteiger partial charge in [0.05, 0.1) is 6.20 Å².